The summed E-state index contributed by atoms with van der Waals surface area (Å²) < 4.78 is 6.57. The molecule has 116 valence electrons. The van der Waals surface area contributed by atoms with Crippen LogP contribution in [0.4, 0.5) is 9.80 Å². The SMILES string of the molecule is O=C(Nc1cccs1)N1CCC[C@H](Oc2ncc(Br)cn2)C1. The standard InChI is InChI=1S/C14H15BrN4O2S/c15-10-7-16-13(17-8-10)21-11-3-1-5-19(9-11)14(20)18-12-4-2-6-22-12/h2,4,6-8,11H,1,3,5,9H2,(H,18,20)/t11-/m0/s1. The minimum atomic E-state index is -0.0903. The summed E-state index contributed by atoms with van der Waals surface area (Å²) in [7, 11) is 0. The molecule has 0 saturated carbocycles. The lowest BCUT2D eigenvalue weighted by atomic mass is 10.1. The molecule has 1 fully saturated rings. The van der Waals surface area contributed by atoms with Gasteiger partial charge in [-0.3, -0.25) is 5.32 Å². The van der Waals surface area contributed by atoms with Crippen LogP contribution in [0.3, 0.4) is 0 Å². The van der Waals surface area contributed by atoms with Crippen molar-refractivity contribution in [1.82, 2.24) is 14.9 Å². The van der Waals surface area contributed by atoms with Crippen molar-refractivity contribution in [2.24, 2.45) is 0 Å². The first-order chi connectivity index (χ1) is 10.7. The molecule has 8 heteroatoms. The third-order valence-electron chi connectivity index (χ3n) is 3.29. The number of nitrogens with zero attached hydrogens (tertiary/aromatic N) is 3. The highest BCUT2D eigenvalue weighted by atomic mass is 79.9. The molecule has 2 amide bonds. The van der Waals surface area contributed by atoms with Crippen LogP contribution in [-0.4, -0.2) is 40.1 Å². The molecule has 1 atom stereocenters. The van der Waals surface area contributed by atoms with Crippen LogP contribution >= 0.6 is 27.3 Å². The molecule has 3 heterocycles. The van der Waals surface area contributed by atoms with Crippen LogP contribution in [0.5, 0.6) is 6.01 Å². The van der Waals surface area contributed by atoms with E-state index in [1.54, 1.807) is 17.3 Å². The maximum absolute atomic E-state index is 12.2. The molecule has 0 aromatic carbocycles. The second-order valence-corrected chi connectivity index (χ2v) is 6.78. The highest BCUT2D eigenvalue weighted by Crippen LogP contribution is 2.19. The van der Waals surface area contributed by atoms with Gasteiger partial charge < -0.3 is 9.64 Å². The largest absolute Gasteiger partial charge is 0.458 e. The van der Waals surface area contributed by atoms with Crippen molar-refractivity contribution in [2.45, 2.75) is 18.9 Å². The number of hydrogen-bond donors (Lipinski definition) is 1. The summed E-state index contributed by atoms with van der Waals surface area (Å²) in [4.78, 5) is 22.2. The van der Waals surface area contributed by atoms with Gasteiger partial charge in [-0.15, -0.1) is 11.3 Å². The van der Waals surface area contributed by atoms with E-state index < -0.39 is 0 Å². The van der Waals surface area contributed by atoms with E-state index in [2.05, 4.69) is 31.2 Å². The van der Waals surface area contributed by atoms with Gasteiger partial charge in [0, 0.05) is 18.9 Å². The number of likely N-dealkylation sites (tertiary alicyclic amines) is 1. The molecule has 0 radical (unpaired) electrons. The Kier molecular flexibility index (Phi) is 4.89. The zero-order chi connectivity index (χ0) is 15.4. The number of carbonyl (C=O) groups excluding carboxylic acids is 1. The van der Waals surface area contributed by atoms with Crippen LogP contribution in [0.25, 0.3) is 0 Å². The van der Waals surface area contributed by atoms with Crippen molar-refractivity contribution in [3.63, 3.8) is 0 Å². The molecule has 0 bridgehead atoms. The molecule has 1 saturated heterocycles. The Balaban J connectivity index is 1.56. The van der Waals surface area contributed by atoms with Gasteiger partial charge in [0.25, 0.3) is 0 Å². The molecule has 22 heavy (non-hydrogen) atoms. The summed E-state index contributed by atoms with van der Waals surface area (Å²) in [5.74, 6) is 0. The highest BCUT2D eigenvalue weighted by molar-refractivity contribution is 9.10. The van der Waals surface area contributed by atoms with Crippen LogP contribution in [-0.2, 0) is 0 Å². The van der Waals surface area contributed by atoms with E-state index in [1.165, 1.54) is 11.3 Å². The number of rotatable bonds is 3. The zero-order valence-electron chi connectivity index (χ0n) is 11.7. The minimum absolute atomic E-state index is 0.0796. The van der Waals surface area contributed by atoms with Crippen LogP contribution in [0.1, 0.15) is 12.8 Å². The van der Waals surface area contributed by atoms with Gasteiger partial charge in [-0.2, -0.15) is 0 Å². The van der Waals surface area contributed by atoms with Crippen molar-refractivity contribution in [1.29, 1.82) is 0 Å². The lowest BCUT2D eigenvalue weighted by Gasteiger charge is -2.32. The Hall–Kier alpha value is -1.67. The van der Waals surface area contributed by atoms with Gasteiger partial charge in [0.2, 0.25) is 0 Å². The lowest BCUT2D eigenvalue weighted by molar-refractivity contribution is 0.0983. The predicted octanol–water partition coefficient (Wildman–Crippen LogP) is 3.38. The number of carbonyl (C=O) groups is 1. The van der Waals surface area contributed by atoms with Gasteiger partial charge in [0.1, 0.15) is 6.10 Å². The predicted molar refractivity (Wildman–Crippen MR) is 88.3 cm³/mol. The van der Waals surface area contributed by atoms with Gasteiger partial charge in [0.05, 0.1) is 16.0 Å². The summed E-state index contributed by atoms with van der Waals surface area (Å²) in [5, 5.41) is 5.68. The second kappa shape index (κ2) is 7.06. The average Bonchev–Trinajstić information content (AvgIpc) is 3.03. The van der Waals surface area contributed by atoms with Crippen LogP contribution < -0.4 is 10.1 Å². The van der Waals surface area contributed by atoms with E-state index >= 15 is 0 Å². The molecular formula is C14H15BrN4O2S. The molecule has 0 unspecified atom stereocenters. The summed E-state index contributed by atoms with van der Waals surface area (Å²) in [6.07, 6.45) is 5.00. The zero-order valence-corrected chi connectivity index (χ0v) is 14.1. The van der Waals surface area contributed by atoms with E-state index in [0.29, 0.717) is 12.6 Å². The van der Waals surface area contributed by atoms with Gasteiger partial charge in [-0.1, -0.05) is 0 Å². The van der Waals surface area contributed by atoms with E-state index in [-0.39, 0.29) is 12.1 Å². The first-order valence-corrected chi connectivity index (χ1v) is 8.61. The molecule has 0 spiro atoms. The molecule has 1 aliphatic rings. The third kappa shape index (κ3) is 3.95. The quantitative estimate of drug-likeness (QED) is 0.883. The smallest absolute Gasteiger partial charge is 0.322 e. The number of hydrogen-bond acceptors (Lipinski definition) is 5. The molecule has 3 rings (SSSR count). The summed E-state index contributed by atoms with van der Waals surface area (Å²) >= 11 is 4.79. The fourth-order valence-electron chi connectivity index (χ4n) is 2.26. The lowest BCUT2D eigenvalue weighted by Crippen LogP contribution is -2.46. The Morgan fingerprint density at radius 3 is 3.00 bits per heavy atom. The van der Waals surface area contributed by atoms with E-state index in [4.69, 9.17) is 4.74 Å². The number of aromatic nitrogens is 2. The topological polar surface area (TPSA) is 67.4 Å². The maximum Gasteiger partial charge on any atom is 0.322 e. The van der Waals surface area contributed by atoms with E-state index in [1.807, 2.05) is 17.5 Å². The van der Waals surface area contributed by atoms with Crippen molar-refractivity contribution in [2.75, 3.05) is 18.4 Å². The van der Waals surface area contributed by atoms with Gasteiger partial charge in [-0.25, -0.2) is 14.8 Å². The summed E-state index contributed by atoms with van der Waals surface area (Å²) in [5.41, 5.74) is 0. The molecule has 6 nitrogen and oxygen atoms in total. The number of thiophene rings is 1. The van der Waals surface area contributed by atoms with Crippen LogP contribution in [0.2, 0.25) is 0 Å². The fraction of sp³-hybridized carbons (Fsp3) is 0.357. The van der Waals surface area contributed by atoms with Crippen molar-refractivity contribution in [3.05, 3.63) is 34.4 Å². The molecular weight excluding hydrogens is 368 g/mol. The third-order valence-corrected chi connectivity index (χ3v) is 4.48. The average molecular weight is 383 g/mol. The number of anilines is 1. The number of halogens is 1. The van der Waals surface area contributed by atoms with Gasteiger partial charge >= 0.3 is 12.0 Å². The van der Waals surface area contributed by atoms with Gasteiger partial charge in [-0.05, 0) is 46.3 Å². The Labute approximate surface area is 140 Å². The first-order valence-electron chi connectivity index (χ1n) is 6.94. The highest BCUT2D eigenvalue weighted by Gasteiger charge is 2.25. The van der Waals surface area contributed by atoms with Crippen molar-refractivity contribution in [3.8, 4) is 6.01 Å². The minimum Gasteiger partial charge on any atom is -0.458 e. The molecule has 2 aromatic rings. The summed E-state index contributed by atoms with van der Waals surface area (Å²) in [6, 6.07) is 4.05. The fourth-order valence-corrected chi connectivity index (χ4v) is 3.08. The number of amides is 2. The normalized spacial score (nSPS) is 18.0. The number of nitrogens with one attached hydrogen (secondary N) is 1. The molecule has 2 aromatic heterocycles. The Morgan fingerprint density at radius 1 is 1.45 bits per heavy atom. The number of piperidine rings is 1. The van der Waals surface area contributed by atoms with Crippen LogP contribution in [0, 0.1) is 0 Å². The Bertz CT molecular complexity index is 620. The molecule has 1 N–H and O–H groups in total. The first kappa shape index (κ1) is 15.2. The number of ether oxygens (including phenoxy) is 1. The number of urea groups is 1. The Morgan fingerprint density at radius 2 is 2.27 bits per heavy atom. The van der Waals surface area contributed by atoms with E-state index in [9.17, 15) is 4.79 Å². The van der Waals surface area contributed by atoms with Crippen molar-refractivity contribution < 1.29 is 9.53 Å². The van der Waals surface area contributed by atoms with Crippen LogP contribution in [0.15, 0.2) is 34.4 Å². The van der Waals surface area contributed by atoms with Crippen molar-refractivity contribution >= 4 is 38.3 Å². The van der Waals surface area contributed by atoms with Gasteiger partial charge in [0.15, 0.2) is 0 Å². The van der Waals surface area contributed by atoms with E-state index in [0.717, 1.165) is 28.9 Å². The second-order valence-electron chi connectivity index (χ2n) is 4.92. The molecule has 0 aliphatic carbocycles. The maximum atomic E-state index is 12.2. The summed E-state index contributed by atoms with van der Waals surface area (Å²) in [6.45, 7) is 1.27. The monoisotopic (exact) mass is 382 g/mol. The molecule has 1 aliphatic heterocycles.